The molecular weight excluding hydrogens is 260 g/mol. The van der Waals surface area contributed by atoms with E-state index in [2.05, 4.69) is 48.2 Å². The van der Waals surface area contributed by atoms with Gasteiger partial charge in [0, 0.05) is 24.0 Å². The third-order valence-corrected chi connectivity index (χ3v) is 3.27. The Labute approximate surface area is 120 Å². The van der Waals surface area contributed by atoms with Crippen molar-refractivity contribution in [2.45, 2.75) is 31.3 Å². The van der Waals surface area contributed by atoms with E-state index >= 15 is 0 Å². The Morgan fingerprint density at radius 3 is 2.58 bits per heavy atom. The molecule has 0 saturated heterocycles. The van der Waals surface area contributed by atoms with Crippen molar-refractivity contribution in [3.8, 4) is 0 Å². The van der Waals surface area contributed by atoms with E-state index in [4.69, 9.17) is 9.84 Å². The van der Waals surface area contributed by atoms with Gasteiger partial charge in [0.05, 0.1) is 19.8 Å². The normalized spacial score (nSPS) is 11.2. The lowest BCUT2D eigenvalue weighted by atomic mass is 10.2. The van der Waals surface area contributed by atoms with Crippen LogP contribution in [0.1, 0.15) is 19.4 Å². The van der Waals surface area contributed by atoms with Crippen LogP contribution in [0.5, 0.6) is 0 Å². The van der Waals surface area contributed by atoms with E-state index in [1.54, 1.807) is 11.9 Å². The monoisotopic (exact) mass is 284 g/mol. The van der Waals surface area contributed by atoms with Crippen molar-refractivity contribution in [3.05, 3.63) is 29.8 Å². The maximum atomic E-state index is 8.55. The molecule has 5 heteroatoms. The molecular formula is C14H24N2O2S. The first-order valence-corrected chi connectivity index (χ1v) is 7.44. The van der Waals surface area contributed by atoms with E-state index < -0.39 is 0 Å². The second-order valence-corrected chi connectivity index (χ2v) is 5.48. The van der Waals surface area contributed by atoms with Crippen LogP contribution in [-0.2, 0) is 11.3 Å². The van der Waals surface area contributed by atoms with Crippen molar-refractivity contribution >= 4 is 11.9 Å². The Morgan fingerprint density at radius 2 is 1.95 bits per heavy atom. The first-order valence-electron chi connectivity index (χ1n) is 6.63. The van der Waals surface area contributed by atoms with E-state index in [9.17, 15) is 0 Å². The molecule has 1 aromatic rings. The molecule has 1 rings (SSSR count). The number of aliphatic hydroxyl groups is 1. The Hall–Kier alpha value is -0.590. The summed E-state index contributed by atoms with van der Waals surface area (Å²) in [6.45, 7) is 7.07. The minimum absolute atomic E-state index is 0.0824. The number of hydrogen-bond donors (Lipinski definition) is 3. The van der Waals surface area contributed by atoms with Gasteiger partial charge in [-0.3, -0.25) is 4.72 Å². The topological polar surface area (TPSA) is 53.5 Å². The maximum Gasteiger partial charge on any atom is 0.0698 e. The van der Waals surface area contributed by atoms with E-state index in [1.807, 2.05) is 0 Å². The predicted octanol–water partition coefficient (Wildman–Crippen LogP) is 1.79. The van der Waals surface area contributed by atoms with E-state index in [0.29, 0.717) is 19.3 Å². The van der Waals surface area contributed by atoms with E-state index in [0.717, 1.165) is 13.1 Å². The van der Waals surface area contributed by atoms with Crippen LogP contribution in [0, 0.1) is 0 Å². The van der Waals surface area contributed by atoms with Crippen molar-refractivity contribution in [1.82, 2.24) is 10.0 Å². The van der Waals surface area contributed by atoms with Crippen molar-refractivity contribution < 1.29 is 9.84 Å². The number of nitrogens with one attached hydrogen (secondary N) is 2. The van der Waals surface area contributed by atoms with Gasteiger partial charge < -0.3 is 15.2 Å². The molecule has 0 unspecified atom stereocenters. The molecule has 1 aromatic carbocycles. The van der Waals surface area contributed by atoms with Gasteiger partial charge >= 0.3 is 0 Å². The summed E-state index contributed by atoms with van der Waals surface area (Å²) in [6.07, 6.45) is 0. The SMILES string of the molecule is CC(C)NCc1ccc(SNCCOCCO)cc1. The average molecular weight is 284 g/mol. The van der Waals surface area contributed by atoms with Crippen LogP contribution >= 0.6 is 11.9 Å². The summed E-state index contributed by atoms with van der Waals surface area (Å²) < 4.78 is 8.38. The van der Waals surface area contributed by atoms with Gasteiger partial charge in [0.1, 0.15) is 0 Å². The summed E-state index contributed by atoms with van der Waals surface area (Å²) in [5.41, 5.74) is 1.30. The summed E-state index contributed by atoms with van der Waals surface area (Å²) in [5.74, 6) is 0. The average Bonchev–Trinajstić information content (AvgIpc) is 2.41. The van der Waals surface area contributed by atoms with Gasteiger partial charge in [-0.1, -0.05) is 26.0 Å². The van der Waals surface area contributed by atoms with Gasteiger partial charge in [-0.05, 0) is 29.6 Å². The highest BCUT2D eigenvalue weighted by Gasteiger charge is 1.97. The molecule has 0 saturated carbocycles. The lowest BCUT2D eigenvalue weighted by molar-refractivity contribution is 0.0964. The van der Waals surface area contributed by atoms with Crippen LogP contribution < -0.4 is 10.0 Å². The molecule has 0 aliphatic heterocycles. The van der Waals surface area contributed by atoms with E-state index in [-0.39, 0.29) is 6.61 Å². The number of hydrogen-bond acceptors (Lipinski definition) is 5. The molecule has 108 valence electrons. The second kappa shape index (κ2) is 10.2. The molecule has 0 aromatic heterocycles. The van der Waals surface area contributed by atoms with Gasteiger partial charge in [0.25, 0.3) is 0 Å². The molecule has 0 amide bonds. The van der Waals surface area contributed by atoms with Crippen LogP contribution in [0.3, 0.4) is 0 Å². The predicted molar refractivity (Wildman–Crippen MR) is 80.2 cm³/mol. The summed E-state index contributed by atoms with van der Waals surface area (Å²) >= 11 is 1.60. The standard InChI is InChI=1S/C14H24N2O2S/c1-12(2)15-11-13-3-5-14(6-4-13)19-16-7-9-18-10-8-17/h3-6,12,15-17H,7-11H2,1-2H3. The molecule has 0 bridgehead atoms. The van der Waals surface area contributed by atoms with Crippen LogP contribution in [-0.4, -0.2) is 37.5 Å². The molecule has 0 atom stereocenters. The first kappa shape index (κ1) is 16.5. The smallest absolute Gasteiger partial charge is 0.0698 e. The summed E-state index contributed by atoms with van der Waals surface area (Å²) in [6, 6.07) is 9.02. The van der Waals surface area contributed by atoms with Gasteiger partial charge in [0.2, 0.25) is 0 Å². The molecule has 4 nitrogen and oxygen atoms in total. The van der Waals surface area contributed by atoms with Crippen molar-refractivity contribution in [3.63, 3.8) is 0 Å². The zero-order chi connectivity index (χ0) is 13.9. The number of benzene rings is 1. The lowest BCUT2D eigenvalue weighted by Crippen LogP contribution is -2.21. The lowest BCUT2D eigenvalue weighted by Gasteiger charge is -2.09. The third kappa shape index (κ3) is 8.23. The fourth-order valence-electron chi connectivity index (χ4n) is 1.41. The van der Waals surface area contributed by atoms with Crippen molar-refractivity contribution in [2.24, 2.45) is 0 Å². The fourth-order valence-corrected chi connectivity index (χ4v) is 2.04. The molecule has 0 fully saturated rings. The molecule has 0 spiro atoms. The Kier molecular flexibility index (Phi) is 8.86. The quantitative estimate of drug-likeness (QED) is 0.452. The highest BCUT2D eigenvalue weighted by Crippen LogP contribution is 2.15. The van der Waals surface area contributed by atoms with Crippen molar-refractivity contribution in [1.29, 1.82) is 0 Å². The van der Waals surface area contributed by atoms with E-state index in [1.165, 1.54) is 10.5 Å². The van der Waals surface area contributed by atoms with Gasteiger partial charge in [0.15, 0.2) is 0 Å². The number of rotatable bonds is 10. The first-order chi connectivity index (χ1) is 9.22. The van der Waals surface area contributed by atoms with Crippen LogP contribution in [0.25, 0.3) is 0 Å². The Balaban J connectivity index is 2.17. The number of aliphatic hydroxyl groups excluding tert-OH is 1. The zero-order valence-electron chi connectivity index (χ0n) is 11.7. The van der Waals surface area contributed by atoms with Crippen LogP contribution in [0.2, 0.25) is 0 Å². The van der Waals surface area contributed by atoms with Gasteiger partial charge in [-0.2, -0.15) is 0 Å². The van der Waals surface area contributed by atoms with Crippen molar-refractivity contribution in [2.75, 3.05) is 26.4 Å². The molecule has 0 heterocycles. The molecule has 19 heavy (non-hydrogen) atoms. The highest BCUT2D eigenvalue weighted by atomic mass is 32.2. The van der Waals surface area contributed by atoms with Gasteiger partial charge in [-0.15, -0.1) is 0 Å². The maximum absolute atomic E-state index is 8.55. The Morgan fingerprint density at radius 1 is 1.21 bits per heavy atom. The number of ether oxygens (including phenoxy) is 1. The fraction of sp³-hybridized carbons (Fsp3) is 0.571. The Bertz CT molecular complexity index is 331. The molecule has 0 aliphatic rings. The van der Waals surface area contributed by atoms with Gasteiger partial charge in [-0.25, -0.2) is 0 Å². The van der Waals surface area contributed by atoms with Crippen LogP contribution in [0.4, 0.5) is 0 Å². The zero-order valence-corrected chi connectivity index (χ0v) is 12.5. The largest absolute Gasteiger partial charge is 0.394 e. The summed E-state index contributed by atoms with van der Waals surface area (Å²) in [7, 11) is 0. The minimum atomic E-state index is 0.0824. The molecule has 3 N–H and O–H groups in total. The summed E-state index contributed by atoms with van der Waals surface area (Å²) in [5, 5.41) is 11.9. The molecule has 0 aliphatic carbocycles. The molecule has 0 radical (unpaired) electrons. The second-order valence-electron chi connectivity index (χ2n) is 4.51. The highest BCUT2D eigenvalue weighted by molar-refractivity contribution is 7.97. The minimum Gasteiger partial charge on any atom is -0.394 e. The summed E-state index contributed by atoms with van der Waals surface area (Å²) in [4.78, 5) is 1.19. The van der Waals surface area contributed by atoms with Crippen LogP contribution in [0.15, 0.2) is 29.2 Å². The third-order valence-electron chi connectivity index (χ3n) is 2.41.